The van der Waals surface area contributed by atoms with Crippen LogP contribution in [-0.2, 0) is 9.53 Å². The first-order valence-electron chi connectivity index (χ1n) is 6.87. The normalized spacial score (nSPS) is 20.0. The second-order valence-electron chi connectivity index (χ2n) is 4.91. The third kappa shape index (κ3) is 3.35. The SMILES string of the molecule is O=C1N=C(N2CCOCC2)S/C1=C\c1cc([N+](=O)[O-])ccc1O. The van der Waals surface area contributed by atoms with Crippen LogP contribution in [0, 0.1) is 10.1 Å². The van der Waals surface area contributed by atoms with Crippen LogP contribution in [0.1, 0.15) is 5.56 Å². The maximum atomic E-state index is 12.0. The highest BCUT2D eigenvalue weighted by atomic mass is 32.2. The van der Waals surface area contributed by atoms with Crippen molar-refractivity contribution in [3.63, 3.8) is 0 Å². The number of nitrogens with zero attached hydrogens (tertiary/aromatic N) is 3. The number of non-ortho nitro benzene ring substituents is 1. The monoisotopic (exact) mass is 335 g/mol. The van der Waals surface area contributed by atoms with E-state index in [0.717, 1.165) is 0 Å². The van der Waals surface area contributed by atoms with E-state index in [1.165, 1.54) is 36.0 Å². The molecule has 1 saturated heterocycles. The second-order valence-corrected chi connectivity index (χ2v) is 5.92. The van der Waals surface area contributed by atoms with Crippen LogP contribution in [0.3, 0.4) is 0 Å². The number of hydrogen-bond acceptors (Lipinski definition) is 7. The van der Waals surface area contributed by atoms with E-state index >= 15 is 0 Å². The maximum Gasteiger partial charge on any atom is 0.286 e. The summed E-state index contributed by atoms with van der Waals surface area (Å²) in [6.45, 7) is 2.49. The zero-order valence-corrected chi connectivity index (χ0v) is 12.8. The van der Waals surface area contributed by atoms with Gasteiger partial charge in [-0.1, -0.05) is 0 Å². The first-order chi connectivity index (χ1) is 11.0. The van der Waals surface area contributed by atoms with E-state index in [9.17, 15) is 20.0 Å². The first kappa shape index (κ1) is 15.5. The number of benzene rings is 1. The summed E-state index contributed by atoms with van der Waals surface area (Å²) in [5.41, 5.74) is 0.0629. The summed E-state index contributed by atoms with van der Waals surface area (Å²) in [5.74, 6) is -0.543. The number of amidine groups is 1. The summed E-state index contributed by atoms with van der Waals surface area (Å²) in [6, 6.07) is 3.66. The van der Waals surface area contributed by atoms with Gasteiger partial charge in [0.15, 0.2) is 5.17 Å². The molecule has 0 atom stereocenters. The molecule has 0 bridgehead atoms. The number of rotatable bonds is 2. The Balaban J connectivity index is 1.83. The number of phenolic OH excluding ortho intramolecular Hbond substituents is 1. The summed E-state index contributed by atoms with van der Waals surface area (Å²) in [7, 11) is 0. The lowest BCUT2D eigenvalue weighted by molar-refractivity contribution is -0.384. The van der Waals surface area contributed by atoms with E-state index < -0.39 is 10.8 Å². The number of nitro groups is 1. The molecule has 1 N–H and O–H groups in total. The van der Waals surface area contributed by atoms with Gasteiger partial charge in [0, 0.05) is 30.8 Å². The Labute approximate surface area is 135 Å². The van der Waals surface area contributed by atoms with Gasteiger partial charge in [-0.25, -0.2) is 0 Å². The molecule has 1 aromatic rings. The largest absolute Gasteiger partial charge is 0.507 e. The summed E-state index contributed by atoms with van der Waals surface area (Å²) in [6.07, 6.45) is 1.42. The van der Waals surface area contributed by atoms with Gasteiger partial charge in [-0.3, -0.25) is 14.9 Å². The Bertz CT molecular complexity index is 725. The van der Waals surface area contributed by atoms with E-state index in [-0.39, 0.29) is 17.0 Å². The van der Waals surface area contributed by atoms with Crippen molar-refractivity contribution in [3.05, 3.63) is 38.8 Å². The van der Waals surface area contributed by atoms with Crippen LogP contribution in [-0.4, -0.2) is 52.3 Å². The molecular formula is C14H13N3O5S. The molecule has 0 saturated carbocycles. The van der Waals surface area contributed by atoms with E-state index in [1.807, 2.05) is 4.90 Å². The fraction of sp³-hybridized carbons (Fsp3) is 0.286. The van der Waals surface area contributed by atoms with E-state index in [4.69, 9.17) is 4.74 Å². The molecule has 0 radical (unpaired) electrons. The smallest absolute Gasteiger partial charge is 0.286 e. The van der Waals surface area contributed by atoms with Gasteiger partial charge in [-0.2, -0.15) is 4.99 Å². The van der Waals surface area contributed by atoms with Gasteiger partial charge in [-0.05, 0) is 23.9 Å². The number of aliphatic imine (C=N–C) groups is 1. The minimum Gasteiger partial charge on any atom is -0.507 e. The Hall–Kier alpha value is -2.39. The number of carbonyl (C=O) groups is 1. The number of phenols is 1. The van der Waals surface area contributed by atoms with Crippen LogP contribution in [0.5, 0.6) is 5.75 Å². The minimum atomic E-state index is -0.555. The molecule has 8 nitrogen and oxygen atoms in total. The van der Waals surface area contributed by atoms with Crippen molar-refractivity contribution in [3.8, 4) is 5.75 Å². The van der Waals surface area contributed by atoms with E-state index in [0.29, 0.717) is 36.4 Å². The average molecular weight is 335 g/mol. The molecule has 23 heavy (non-hydrogen) atoms. The molecule has 1 amide bonds. The molecule has 0 spiro atoms. The highest BCUT2D eigenvalue weighted by molar-refractivity contribution is 8.18. The van der Waals surface area contributed by atoms with Crippen molar-refractivity contribution in [2.75, 3.05) is 26.3 Å². The summed E-state index contributed by atoms with van der Waals surface area (Å²) in [5, 5.41) is 21.2. The molecule has 1 aromatic carbocycles. The van der Waals surface area contributed by atoms with Gasteiger partial charge < -0.3 is 14.7 Å². The molecule has 2 heterocycles. The van der Waals surface area contributed by atoms with Gasteiger partial charge in [0.1, 0.15) is 5.75 Å². The number of carbonyl (C=O) groups excluding carboxylic acids is 1. The van der Waals surface area contributed by atoms with Crippen molar-refractivity contribution in [1.82, 2.24) is 4.90 Å². The van der Waals surface area contributed by atoms with E-state index in [2.05, 4.69) is 4.99 Å². The topological polar surface area (TPSA) is 105 Å². The van der Waals surface area contributed by atoms with Crippen LogP contribution in [0.2, 0.25) is 0 Å². The van der Waals surface area contributed by atoms with Crippen molar-refractivity contribution >= 4 is 34.6 Å². The number of nitro benzene ring substituents is 1. The zero-order chi connectivity index (χ0) is 16.4. The number of aromatic hydroxyl groups is 1. The molecule has 2 aliphatic heterocycles. The molecule has 0 unspecified atom stereocenters. The molecule has 9 heteroatoms. The Morgan fingerprint density at radius 1 is 1.39 bits per heavy atom. The van der Waals surface area contributed by atoms with E-state index in [1.54, 1.807) is 0 Å². The molecule has 3 rings (SSSR count). The summed E-state index contributed by atoms with van der Waals surface area (Å²) >= 11 is 1.19. The van der Waals surface area contributed by atoms with Gasteiger partial charge in [0.25, 0.3) is 11.6 Å². The third-order valence-corrected chi connectivity index (χ3v) is 4.44. The summed E-state index contributed by atoms with van der Waals surface area (Å²) in [4.78, 5) is 28.6. The van der Waals surface area contributed by atoms with Crippen LogP contribution >= 0.6 is 11.8 Å². The van der Waals surface area contributed by atoms with Gasteiger partial charge in [-0.15, -0.1) is 0 Å². The predicted molar refractivity (Wildman–Crippen MR) is 85.2 cm³/mol. The summed E-state index contributed by atoms with van der Waals surface area (Å²) < 4.78 is 5.26. The quantitative estimate of drug-likeness (QED) is 0.497. The number of ether oxygens (including phenoxy) is 1. The second kappa shape index (κ2) is 6.39. The highest BCUT2D eigenvalue weighted by Crippen LogP contribution is 2.33. The van der Waals surface area contributed by atoms with Crippen molar-refractivity contribution in [2.24, 2.45) is 4.99 Å². The lowest BCUT2D eigenvalue weighted by atomic mass is 10.1. The standard InChI is InChI=1S/C14H13N3O5S/c18-11-2-1-10(17(20)21)7-9(11)8-12-13(19)15-14(23-12)16-3-5-22-6-4-16/h1-2,7-8,18H,3-6H2/b12-8-. The van der Waals surface area contributed by atoms with Crippen LogP contribution in [0.4, 0.5) is 5.69 Å². The number of morpholine rings is 1. The fourth-order valence-electron chi connectivity index (χ4n) is 2.20. The fourth-order valence-corrected chi connectivity index (χ4v) is 3.16. The molecule has 0 aromatic heterocycles. The maximum absolute atomic E-state index is 12.0. The Morgan fingerprint density at radius 3 is 2.83 bits per heavy atom. The lowest BCUT2D eigenvalue weighted by Gasteiger charge is -2.27. The molecule has 1 fully saturated rings. The van der Waals surface area contributed by atoms with Crippen LogP contribution in [0.15, 0.2) is 28.1 Å². The lowest BCUT2D eigenvalue weighted by Crippen LogP contribution is -2.38. The molecule has 120 valence electrons. The van der Waals surface area contributed by atoms with Gasteiger partial charge in [0.2, 0.25) is 0 Å². The predicted octanol–water partition coefficient (Wildman–Crippen LogP) is 1.60. The number of amides is 1. The van der Waals surface area contributed by atoms with Crippen molar-refractivity contribution in [2.45, 2.75) is 0 Å². The molecular weight excluding hydrogens is 322 g/mol. The number of thioether (sulfide) groups is 1. The number of hydrogen-bond donors (Lipinski definition) is 1. The molecule has 0 aliphatic carbocycles. The van der Waals surface area contributed by atoms with Crippen molar-refractivity contribution in [1.29, 1.82) is 0 Å². The zero-order valence-electron chi connectivity index (χ0n) is 12.0. The highest BCUT2D eigenvalue weighted by Gasteiger charge is 2.27. The van der Waals surface area contributed by atoms with Crippen LogP contribution in [0.25, 0.3) is 6.08 Å². The Morgan fingerprint density at radius 2 is 2.13 bits per heavy atom. The van der Waals surface area contributed by atoms with Crippen molar-refractivity contribution < 1.29 is 19.6 Å². The third-order valence-electron chi connectivity index (χ3n) is 3.40. The Kier molecular flexibility index (Phi) is 4.30. The van der Waals surface area contributed by atoms with Crippen LogP contribution < -0.4 is 0 Å². The average Bonchev–Trinajstić information content (AvgIpc) is 2.91. The van der Waals surface area contributed by atoms with Gasteiger partial charge in [0.05, 0.1) is 23.0 Å². The molecule has 2 aliphatic rings. The first-order valence-corrected chi connectivity index (χ1v) is 7.69. The van der Waals surface area contributed by atoms with Gasteiger partial charge >= 0.3 is 0 Å². The minimum absolute atomic E-state index is 0.128.